The van der Waals surface area contributed by atoms with E-state index in [4.69, 9.17) is 4.74 Å². The van der Waals surface area contributed by atoms with Crippen molar-refractivity contribution in [3.8, 4) is 0 Å². The minimum Gasteiger partial charge on any atom is -0.376 e. The molecule has 128 valence electrons. The maximum absolute atomic E-state index is 12.6. The van der Waals surface area contributed by atoms with E-state index in [0.29, 0.717) is 25.5 Å². The number of carbonyl (C=O) groups excluding carboxylic acids is 1. The summed E-state index contributed by atoms with van der Waals surface area (Å²) >= 11 is 1.57. The Bertz CT molecular complexity index is 657. The van der Waals surface area contributed by atoms with Crippen molar-refractivity contribution in [2.75, 3.05) is 13.2 Å². The van der Waals surface area contributed by atoms with Crippen molar-refractivity contribution in [1.82, 2.24) is 25.2 Å². The second kappa shape index (κ2) is 8.16. The fraction of sp³-hybridized carbons (Fsp3) is 0.500. The molecule has 7 nitrogen and oxygen atoms in total. The van der Waals surface area contributed by atoms with Crippen LogP contribution in [0.1, 0.15) is 29.4 Å². The molecule has 1 atom stereocenters. The van der Waals surface area contributed by atoms with E-state index in [1.807, 2.05) is 12.3 Å². The molecular weight excluding hydrogens is 326 g/mol. The summed E-state index contributed by atoms with van der Waals surface area (Å²) < 4.78 is 5.68. The van der Waals surface area contributed by atoms with Crippen LogP contribution < -0.4 is 5.32 Å². The lowest BCUT2D eigenvalue weighted by Gasteiger charge is -2.24. The molecule has 1 unspecified atom stereocenters. The number of thiazole rings is 1. The quantitative estimate of drug-likeness (QED) is 0.866. The van der Waals surface area contributed by atoms with Crippen LogP contribution in [0.2, 0.25) is 0 Å². The average Bonchev–Trinajstić information content (AvgIpc) is 3.25. The van der Waals surface area contributed by atoms with Gasteiger partial charge in [0.1, 0.15) is 10.8 Å². The van der Waals surface area contributed by atoms with Crippen LogP contribution in [0.4, 0.5) is 4.79 Å². The molecule has 0 saturated carbocycles. The highest BCUT2D eigenvalue weighted by Crippen LogP contribution is 2.17. The molecule has 1 aliphatic heterocycles. The van der Waals surface area contributed by atoms with Gasteiger partial charge in [0.15, 0.2) is 0 Å². The van der Waals surface area contributed by atoms with Crippen LogP contribution in [-0.4, -0.2) is 45.1 Å². The van der Waals surface area contributed by atoms with Gasteiger partial charge in [-0.3, -0.25) is 0 Å². The third-order valence-corrected chi connectivity index (χ3v) is 4.70. The second-order valence-corrected chi connectivity index (χ2v) is 6.66. The van der Waals surface area contributed by atoms with Crippen molar-refractivity contribution in [3.05, 3.63) is 40.4 Å². The predicted molar refractivity (Wildman–Crippen MR) is 90.5 cm³/mol. The highest BCUT2D eigenvalue weighted by Gasteiger charge is 2.23. The lowest BCUT2D eigenvalue weighted by Crippen LogP contribution is -2.43. The fourth-order valence-corrected chi connectivity index (χ4v) is 3.37. The van der Waals surface area contributed by atoms with E-state index in [-0.39, 0.29) is 12.1 Å². The fourth-order valence-electron chi connectivity index (χ4n) is 2.58. The van der Waals surface area contributed by atoms with Crippen LogP contribution in [0.25, 0.3) is 0 Å². The van der Waals surface area contributed by atoms with Gasteiger partial charge < -0.3 is 15.0 Å². The molecule has 0 aliphatic carbocycles. The SMILES string of the molecule is Cc1csc(CN(CC2CCCO2)C(=O)NCc2ncccn2)n1. The molecule has 1 aliphatic rings. The van der Waals surface area contributed by atoms with E-state index in [2.05, 4.69) is 20.3 Å². The van der Waals surface area contributed by atoms with Crippen LogP contribution in [0, 0.1) is 6.92 Å². The van der Waals surface area contributed by atoms with Crippen LogP contribution in [-0.2, 0) is 17.8 Å². The molecular formula is C16H21N5O2S. The zero-order valence-corrected chi connectivity index (χ0v) is 14.5. The van der Waals surface area contributed by atoms with Crippen molar-refractivity contribution < 1.29 is 9.53 Å². The Kier molecular flexibility index (Phi) is 5.71. The van der Waals surface area contributed by atoms with Gasteiger partial charge in [-0.25, -0.2) is 19.7 Å². The second-order valence-electron chi connectivity index (χ2n) is 5.72. The Hall–Kier alpha value is -2.06. The number of aromatic nitrogens is 3. The minimum absolute atomic E-state index is 0.102. The van der Waals surface area contributed by atoms with Crippen molar-refractivity contribution in [3.63, 3.8) is 0 Å². The summed E-state index contributed by atoms with van der Waals surface area (Å²) in [6, 6.07) is 1.60. The highest BCUT2D eigenvalue weighted by atomic mass is 32.1. The maximum Gasteiger partial charge on any atom is 0.318 e. The van der Waals surface area contributed by atoms with E-state index in [0.717, 1.165) is 30.2 Å². The van der Waals surface area contributed by atoms with Crippen molar-refractivity contribution >= 4 is 17.4 Å². The first kappa shape index (κ1) is 16.8. The van der Waals surface area contributed by atoms with Crippen LogP contribution in [0.3, 0.4) is 0 Å². The summed E-state index contributed by atoms with van der Waals surface area (Å²) in [6.45, 7) is 4.09. The number of aryl methyl sites for hydroxylation is 1. The van der Waals surface area contributed by atoms with E-state index >= 15 is 0 Å². The molecule has 0 aromatic carbocycles. The third-order valence-electron chi connectivity index (χ3n) is 3.74. The Morgan fingerprint density at radius 1 is 1.46 bits per heavy atom. The summed E-state index contributed by atoms with van der Waals surface area (Å²) in [5, 5.41) is 5.81. The van der Waals surface area contributed by atoms with E-state index < -0.39 is 0 Å². The number of rotatable bonds is 6. The number of carbonyl (C=O) groups is 1. The topological polar surface area (TPSA) is 80.2 Å². The van der Waals surface area contributed by atoms with E-state index in [1.165, 1.54) is 0 Å². The summed E-state index contributed by atoms with van der Waals surface area (Å²) in [7, 11) is 0. The first-order valence-corrected chi connectivity index (χ1v) is 8.90. The summed E-state index contributed by atoms with van der Waals surface area (Å²) in [5.41, 5.74) is 0.977. The number of hydrogen-bond donors (Lipinski definition) is 1. The highest BCUT2D eigenvalue weighted by molar-refractivity contribution is 7.09. The number of hydrogen-bond acceptors (Lipinski definition) is 6. The standard InChI is InChI=1S/C16H21N5O2S/c1-12-11-24-15(20-12)10-21(9-13-4-2-7-23-13)16(22)19-8-14-17-5-3-6-18-14/h3,5-6,11,13H,2,4,7-10H2,1H3,(H,19,22). The molecule has 2 amide bonds. The zero-order valence-electron chi connectivity index (χ0n) is 13.6. The molecule has 3 heterocycles. The summed E-state index contributed by atoms with van der Waals surface area (Å²) in [6.07, 6.45) is 5.47. The molecule has 0 radical (unpaired) electrons. The molecule has 8 heteroatoms. The van der Waals surface area contributed by atoms with E-state index in [1.54, 1.807) is 34.7 Å². The first-order valence-electron chi connectivity index (χ1n) is 8.02. The number of nitrogens with one attached hydrogen (secondary N) is 1. The van der Waals surface area contributed by atoms with Gasteiger partial charge in [0.2, 0.25) is 0 Å². The maximum atomic E-state index is 12.6. The molecule has 2 aromatic heterocycles. The van der Waals surface area contributed by atoms with Crippen LogP contribution in [0.15, 0.2) is 23.8 Å². The number of ether oxygens (including phenoxy) is 1. The summed E-state index contributed by atoms with van der Waals surface area (Å²) in [5.74, 6) is 0.591. The van der Waals surface area contributed by atoms with Gasteiger partial charge >= 0.3 is 6.03 Å². The van der Waals surface area contributed by atoms with Crippen LogP contribution >= 0.6 is 11.3 Å². The minimum atomic E-state index is -0.147. The van der Waals surface area contributed by atoms with Gasteiger partial charge in [-0.1, -0.05) is 0 Å². The zero-order chi connectivity index (χ0) is 16.8. The van der Waals surface area contributed by atoms with E-state index in [9.17, 15) is 4.79 Å². The van der Waals surface area contributed by atoms with Crippen molar-refractivity contribution in [2.24, 2.45) is 0 Å². The molecule has 1 fully saturated rings. The van der Waals surface area contributed by atoms with Crippen molar-refractivity contribution in [2.45, 2.75) is 39.0 Å². The summed E-state index contributed by atoms with van der Waals surface area (Å²) in [4.78, 5) is 27.1. The average molecular weight is 347 g/mol. The number of urea groups is 1. The largest absolute Gasteiger partial charge is 0.376 e. The Balaban J connectivity index is 1.61. The monoisotopic (exact) mass is 347 g/mol. The predicted octanol–water partition coefficient (Wildman–Crippen LogP) is 2.13. The first-order chi connectivity index (χ1) is 11.7. The van der Waals surface area contributed by atoms with Gasteiger partial charge in [-0.2, -0.15) is 0 Å². The molecule has 3 rings (SSSR count). The Morgan fingerprint density at radius 3 is 2.96 bits per heavy atom. The molecule has 2 aromatic rings. The number of amides is 2. The molecule has 0 bridgehead atoms. The third kappa shape index (κ3) is 4.72. The Morgan fingerprint density at radius 2 is 2.29 bits per heavy atom. The van der Waals surface area contributed by atoms with Gasteiger partial charge in [0.25, 0.3) is 0 Å². The smallest absolute Gasteiger partial charge is 0.318 e. The van der Waals surface area contributed by atoms with Gasteiger partial charge in [-0.05, 0) is 25.8 Å². The number of nitrogens with zero attached hydrogens (tertiary/aromatic N) is 4. The molecule has 24 heavy (non-hydrogen) atoms. The molecule has 1 N–H and O–H groups in total. The van der Waals surface area contributed by atoms with Crippen LogP contribution in [0.5, 0.6) is 0 Å². The van der Waals surface area contributed by atoms with Gasteiger partial charge in [0, 0.05) is 36.6 Å². The lowest BCUT2D eigenvalue weighted by molar-refractivity contribution is 0.0793. The van der Waals surface area contributed by atoms with Gasteiger partial charge in [-0.15, -0.1) is 11.3 Å². The Labute approximate surface area is 145 Å². The lowest BCUT2D eigenvalue weighted by atomic mass is 10.2. The van der Waals surface area contributed by atoms with Gasteiger partial charge in [0.05, 0.1) is 19.2 Å². The van der Waals surface area contributed by atoms with Crippen molar-refractivity contribution in [1.29, 1.82) is 0 Å². The normalized spacial score (nSPS) is 17.0. The molecule has 0 spiro atoms. The molecule has 1 saturated heterocycles.